The van der Waals surface area contributed by atoms with E-state index in [0.717, 1.165) is 70.9 Å². The third-order valence-electron chi connectivity index (χ3n) is 6.00. The summed E-state index contributed by atoms with van der Waals surface area (Å²) in [6.45, 7) is 10.9. The number of halogens is 1. The molecule has 2 aliphatic heterocycles. The van der Waals surface area contributed by atoms with Crippen LogP contribution in [-0.4, -0.2) is 80.4 Å². The predicted molar refractivity (Wildman–Crippen MR) is 110 cm³/mol. The van der Waals surface area contributed by atoms with E-state index in [1.807, 2.05) is 13.8 Å². The van der Waals surface area contributed by atoms with Crippen molar-refractivity contribution in [2.45, 2.75) is 44.9 Å². The predicted octanol–water partition coefficient (Wildman–Crippen LogP) is 2.20. The topological polar surface area (TPSA) is 54.0 Å². The normalized spacial score (nSPS) is 21.6. The molecular weight excluding hydrogens is 373 g/mol. The Bertz CT molecular complexity index is 629. The number of carbonyl (C=O) groups is 1. The van der Waals surface area contributed by atoms with Crippen LogP contribution in [0.25, 0.3) is 0 Å². The standard InChI is InChI=1S/C22H34FN3O3/c1-17(19-3-5-20(23)6-4-19)24-22(27)18(2)26-9-7-21(8-10-26)29-16-13-25-11-14-28-15-12-25/h3-6,17-18,21H,7-16H2,1-2H3,(H,24,27)/t17-,18+/m0/s1. The fourth-order valence-corrected chi connectivity index (χ4v) is 3.94. The Labute approximate surface area is 173 Å². The van der Waals surface area contributed by atoms with E-state index >= 15 is 0 Å². The number of carbonyl (C=O) groups excluding carboxylic acids is 1. The molecular formula is C22H34FN3O3. The number of hydrogen-bond acceptors (Lipinski definition) is 5. The molecule has 2 saturated heterocycles. The molecule has 0 spiro atoms. The average Bonchev–Trinajstić information content (AvgIpc) is 2.75. The highest BCUT2D eigenvalue weighted by molar-refractivity contribution is 5.81. The maximum absolute atomic E-state index is 13.1. The molecule has 1 aromatic rings. The summed E-state index contributed by atoms with van der Waals surface area (Å²) >= 11 is 0. The number of amides is 1. The lowest BCUT2D eigenvalue weighted by molar-refractivity contribution is -0.127. The zero-order valence-electron chi connectivity index (χ0n) is 17.6. The van der Waals surface area contributed by atoms with Crippen LogP contribution in [-0.2, 0) is 14.3 Å². The molecule has 0 aromatic heterocycles. The molecule has 29 heavy (non-hydrogen) atoms. The molecule has 0 radical (unpaired) electrons. The van der Waals surface area contributed by atoms with Gasteiger partial charge in [0.1, 0.15) is 5.82 Å². The highest BCUT2D eigenvalue weighted by Gasteiger charge is 2.27. The SMILES string of the molecule is C[C@H](NC(=O)[C@@H](C)N1CCC(OCCN2CCOCC2)CC1)c1ccc(F)cc1. The number of morpholine rings is 1. The molecule has 2 heterocycles. The van der Waals surface area contributed by atoms with Crippen LogP contribution in [0, 0.1) is 5.82 Å². The Morgan fingerprint density at radius 3 is 2.48 bits per heavy atom. The van der Waals surface area contributed by atoms with Gasteiger partial charge in [-0.05, 0) is 44.4 Å². The summed E-state index contributed by atoms with van der Waals surface area (Å²) in [4.78, 5) is 17.2. The van der Waals surface area contributed by atoms with Crippen LogP contribution >= 0.6 is 0 Å². The van der Waals surface area contributed by atoms with Crippen molar-refractivity contribution in [1.29, 1.82) is 0 Å². The summed E-state index contributed by atoms with van der Waals surface area (Å²) in [6.07, 6.45) is 2.18. The fourth-order valence-electron chi connectivity index (χ4n) is 3.94. The van der Waals surface area contributed by atoms with E-state index in [-0.39, 0.29) is 29.9 Å². The van der Waals surface area contributed by atoms with Gasteiger partial charge in [-0.3, -0.25) is 14.6 Å². The number of piperidine rings is 1. The minimum Gasteiger partial charge on any atom is -0.379 e. The Morgan fingerprint density at radius 2 is 1.83 bits per heavy atom. The third kappa shape index (κ3) is 6.74. The van der Waals surface area contributed by atoms with Crippen LogP contribution in [0.2, 0.25) is 0 Å². The van der Waals surface area contributed by atoms with E-state index in [1.165, 1.54) is 12.1 Å². The molecule has 2 fully saturated rings. The van der Waals surface area contributed by atoms with Crippen molar-refractivity contribution in [1.82, 2.24) is 15.1 Å². The van der Waals surface area contributed by atoms with Gasteiger partial charge in [-0.2, -0.15) is 0 Å². The van der Waals surface area contributed by atoms with Crippen molar-refractivity contribution < 1.29 is 18.7 Å². The highest BCUT2D eigenvalue weighted by atomic mass is 19.1. The van der Waals surface area contributed by atoms with Crippen LogP contribution < -0.4 is 5.32 Å². The van der Waals surface area contributed by atoms with Gasteiger partial charge in [0, 0.05) is 32.7 Å². The van der Waals surface area contributed by atoms with Gasteiger partial charge >= 0.3 is 0 Å². The lowest BCUT2D eigenvalue weighted by atomic mass is 10.0. The maximum Gasteiger partial charge on any atom is 0.237 e. The van der Waals surface area contributed by atoms with E-state index in [1.54, 1.807) is 12.1 Å². The number of ether oxygens (including phenoxy) is 2. The second-order valence-electron chi connectivity index (χ2n) is 8.02. The summed E-state index contributed by atoms with van der Waals surface area (Å²) < 4.78 is 24.5. The summed E-state index contributed by atoms with van der Waals surface area (Å²) in [5.74, 6) is -0.260. The summed E-state index contributed by atoms with van der Waals surface area (Å²) in [5, 5.41) is 3.04. The van der Waals surface area contributed by atoms with Gasteiger partial charge in [-0.15, -0.1) is 0 Å². The quantitative estimate of drug-likeness (QED) is 0.716. The number of nitrogens with zero attached hydrogens (tertiary/aromatic N) is 2. The molecule has 6 nitrogen and oxygen atoms in total. The zero-order chi connectivity index (χ0) is 20.6. The van der Waals surface area contributed by atoms with Crippen molar-refractivity contribution >= 4 is 5.91 Å². The zero-order valence-corrected chi connectivity index (χ0v) is 17.6. The van der Waals surface area contributed by atoms with Crippen molar-refractivity contribution in [3.8, 4) is 0 Å². The largest absolute Gasteiger partial charge is 0.379 e. The second kappa shape index (κ2) is 11.0. The first-order valence-corrected chi connectivity index (χ1v) is 10.7. The third-order valence-corrected chi connectivity index (χ3v) is 6.00. The smallest absolute Gasteiger partial charge is 0.237 e. The van der Waals surface area contributed by atoms with Crippen LogP contribution in [0.1, 0.15) is 38.3 Å². The molecule has 3 rings (SSSR count). The maximum atomic E-state index is 13.1. The molecule has 2 atom stereocenters. The van der Waals surface area contributed by atoms with Gasteiger partial charge in [0.25, 0.3) is 0 Å². The van der Waals surface area contributed by atoms with Crippen LogP contribution in [0.3, 0.4) is 0 Å². The molecule has 7 heteroatoms. The van der Waals surface area contributed by atoms with Gasteiger partial charge in [-0.1, -0.05) is 12.1 Å². The van der Waals surface area contributed by atoms with Crippen molar-refractivity contribution in [2.24, 2.45) is 0 Å². The van der Waals surface area contributed by atoms with Crippen LogP contribution in [0.4, 0.5) is 4.39 Å². The van der Waals surface area contributed by atoms with E-state index in [9.17, 15) is 9.18 Å². The molecule has 0 unspecified atom stereocenters. The molecule has 2 aliphatic rings. The molecule has 0 aliphatic carbocycles. The molecule has 0 saturated carbocycles. The number of benzene rings is 1. The number of nitrogens with one attached hydrogen (secondary N) is 1. The number of hydrogen-bond donors (Lipinski definition) is 1. The van der Waals surface area contributed by atoms with E-state index in [0.29, 0.717) is 0 Å². The Balaban J connectivity index is 1.35. The van der Waals surface area contributed by atoms with Gasteiger partial charge in [0.15, 0.2) is 0 Å². The second-order valence-corrected chi connectivity index (χ2v) is 8.02. The summed E-state index contributed by atoms with van der Waals surface area (Å²) in [5.41, 5.74) is 0.902. The average molecular weight is 408 g/mol. The molecule has 1 aromatic carbocycles. The van der Waals surface area contributed by atoms with E-state index in [2.05, 4.69) is 15.1 Å². The summed E-state index contributed by atoms with van der Waals surface area (Å²) in [7, 11) is 0. The number of rotatable bonds is 8. The lowest BCUT2D eigenvalue weighted by Crippen LogP contribution is -2.49. The first-order chi connectivity index (χ1) is 14.0. The minimum atomic E-state index is -0.268. The summed E-state index contributed by atoms with van der Waals surface area (Å²) in [6, 6.07) is 5.94. The molecule has 162 valence electrons. The first kappa shape index (κ1) is 22.2. The van der Waals surface area contributed by atoms with Crippen molar-refractivity contribution in [2.75, 3.05) is 52.5 Å². The van der Waals surface area contributed by atoms with Gasteiger partial charge < -0.3 is 14.8 Å². The van der Waals surface area contributed by atoms with Crippen molar-refractivity contribution in [3.05, 3.63) is 35.6 Å². The number of likely N-dealkylation sites (tertiary alicyclic amines) is 1. The fraction of sp³-hybridized carbons (Fsp3) is 0.682. The lowest BCUT2D eigenvalue weighted by Gasteiger charge is -2.36. The highest BCUT2D eigenvalue weighted by Crippen LogP contribution is 2.18. The minimum absolute atomic E-state index is 0.00788. The van der Waals surface area contributed by atoms with E-state index < -0.39 is 0 Å². The Kier molecular flexibility index (Phi) is 8.41. The Morgan fingerprint density at radius 1 is 1.17 bits per heavy atom. The van der Waals surface area contributed by atoms with Crippen LogP contribution in [0.15, 0.2) is 24.3 Å². The monoisotopic (exact) mass is 407 g/mol. The van der Waals surface area contributed by atoms with Crippen molar-refractivity contribution in [3.63, 3.8) is 0 Å². The first-order valence-electron chi connectivity index (χ1n) is 10.7. The molecule has 1 amide bonds. The van der Waals surface area contributed by atoms with Gasteiger partial charge in [0.05, 0.1) is 38.0 Å². The van der Waals surface area contributed by atoms with Gasteiger partial charge in [-0.25, -0.2) is 4.39 Å². The van der Waals surface area contributed by atoms with E-state index in [4.69, 9.17) is 9.47 Å². The van der Waals surface area contributed by atoms with Gasteiger partial charge in [0.2, 0.25) is 5.91 Å². The molecule has 0 bridgehead atoms. The van der Waals surface area contributed by atoms with Crippen LogP contribution in [0.5, 0.6) is 0 Å². The Hall–Kier alpha value is -1.54. The molecule has 1 N–H and O–H groups in total.